The van der Waals surface area contributed by atoms with E-state index in [2.05, 4.69) is 98.8 Å². The molecule has 50 heavy (non-hydrogen) atoms. The average molecular weight is 651 g/mol. The molecule has 242 valence electrons. The molecule has 0 spiro atoms. The summed E-state index contributed by atoms with van der Waals surface area (Å²) in [6.45, 7) is 4.59. The van der Waals surface area contributed by atoms with E-state index in [0.717, 1.165) is 63.0 Å². The van der Waals surface area contributed by atoms with E-state index in [1.54, 1.807) is 12.1 Å². The largest absolute Gasteiger partial charge is 0.469 e. The van der Waals surface area contributed by atoms with E-state index in [9.17, 15) is 4.39 Å². The van der Waals surface area contributed by atoms with Crippen molar-refractivity contribution in [2.24, 2.45) is 0 Å². The van der Waals surface area contributed by atoms with Crippen molar-refractivity contribution >= 4 is 16.8 Å². The number of halogens is 1. The number of nitrogens with zero attached hydrogens (tertiary/aromatic N) is 2. The summed E-state index contributed by atoms with van der Waals surface area (Å²) in [6.07, 6.45) is 6.23. The lowest BCUT2D eigenvalue weighted by atomic mass is 9.71. The van der Waals surface area contributed by atoms with Gasteiger partial charge in [-0.15, -0.1) is 0 Å². The molecule has 7 aromatic rings. The standard InChI is InChI=1S/C46H35FN2O/c1-3-45(4-2)38-22-14-13-21-36(38)41-34-19-11-12-20-35(34)43-37(42(41)45)27-28-46(50-43,32-23-25-33(47)26-24-32)44-48-39(30-15-7-5-8-16-30)29-40(49-44)31-17-9-6-10-18-31/h5-29H,3-4H2,1-2H3. The van der Waals surface area contributed by atoms with E-state index < -0.39 is 5.60 Å². The first-order valence-electron chi connectivity index (χ1n) is 17.4. The zero-order chi connectivity index (χ0) is 33.9. The quantitative estimate of drug-likeness (QED) is 0.180. The molecule has 2 heterocycles. The molecule has 1 aliphatic carbocycles. The summed E-state index contributed by atoms with van der Waals surface area (Å²) in [5, 5.41) is 2.18. The van der Waals surface area contributed by atoms with Crippen molar-refractivity contribution < 1.29 is 9.13 Å². The first kappa shape index (κ1) is 30.2. The molecular weight excluding hydrogens is 616 g/mol. The second kappa shape index (κ2) is 11.6. The molecular formula is C46H35FN2O. The maximum absolute atomic E-state index is 14.6. The van der Waals surface area contributed by atoms with Crippen LogP contribution in [0.15, 0.2) is 146 Å². The lowest BCUT2D eigenvalue weighted by Gasteiger charge is -2.38. The zero-order valence-corrected chi connectivity index (χ0v) is 28.0. The summed E-state index contributed by atoms with van der Waals surface area (Å²) in [6, 6.07) is 46.3. The first-order valence-corrected chi connectivity index (χ1v) is 17.4. The predicted octanol–water partition coefficient (Wildman–Crippen LogP) is 11.5. The van der Waals surface area contributed by atoms with E-state index in [1.807, 2.05) is 42.5 Å². The van der Waals surface area contributed by atoms with E-state index in [0.29, 0.717) is 5.82 Å². The molecule has 0 N–H and O–H groups in total. The molecule has 1 unspecified atom stereocenters. The van der Waals surface area contributed by atoms with Gasteiger partial charge in [0.1, 0.15) is 11.6 Å². The number of ether oxygens (including phenoxy) is 1. The number of aromatic nitrogens is 2. The van der Waals surface area contributed by atoms with Crippen LogP contribution in [-0.4, -0.2) is 9.97 Å². The molecule has 0 fully saturated rings. The van der Waals surface area contributed by atoms with E-state index in [-0.39, 0.29) is 11.2 Å². The van der Waals surface area contributed by atoms with Crippen molar-refractivity contribution in [1.29, 1.82) is 0 Å². The van der Waals surface area contributed by atoms with Gasteiger partial charge in [0.25, 0.3) is 0 Å². The van der Waals surface area contributed by atoms with Crippen LogP contribution in [0.5, 0.6) is 5.75 Å². The third-order valence-electron chi connectivity index (χ3n) is 10.8. The molecule has 0 saturated heterocycles. The highest BCUT2D eigenvalue weighted by atomic mass is 19.1. The minimum Gasteiger partial charge on any atom is -0.469 e. The molecule has 6 aromatic carbocycles. The Bertz CT molecular complexity index is 2370. The minimum atomic E-state index is -1.25. The summed E-state index contributed by atoms with van der Waals surface area (Å²) < 4.78 is 22.1. The Kier molecular flexibility index (Phi) is 7.03. The normalized spacial score (nSPS) is 16.8. The van der Waals surface area contributed by atoms with Crippen LogP contribution in [0.4, 0.5) is 4.39 Å². The molecule has 0 amide bonds. The van der Waals surface area contributed by atoms with Crippen molar-refractivity contribution in [3.63, 3.8) is 0 Å². The average Bonchev–Trinajstić information content (AvgIpc) is 3.49. The third kappa shape index (κ3) is 4.41. The maximum Gasteiger partial charge on any atom is 0.212 e. The lowest BCUT2D eigenvalue weighted by molar-refractivity contribution is 0.153. The van der Waals surface area contributed by atoms with Crippen molar-refractivity contribution in [3.05, 3.63) is 179 Å². The van der Waals surface area contributed by atoms with Gasteiger partial charge in [0.2, 0.25) is 5.60 Å². The van der Waals surface area contributed by atoms with Gasteiger partial charge in [0.05, 0.1) is 11.4 Å². The highest BCUT2D eigenvalue weighted by Gasteiger charge is 2.47. The van der Waals surface area contributed by atoms with E-state index >= 15 is 0 Å². The Morgan fingerprint density at radius 1 is 0.640 bits per heavy atom. The molecule has 1 atom stereocenters. The predicted molar refractivity (Wildman–Crippen MR) is 200 cm³/mol. The SMILES string of the molecule is CCC1(CC)c2ccccc2-c2c1c1c(c3ccccc23)OC(c2ccc(F)cc2)(c2nc(-c3ccccc3)cc(-c3ccccc3)n2)C=C1. The summed E-state index contributed by atoms with van der Waals surface area (Å²) in [5.74, 6) is 0.960. The van der Waals surface area contributed by atoms with Gasteiger partial charge in [-0.1, -0.05) is 141 Å². The fourth-order valence-electron chi connectivity index (χ4n) is 8.33. The van der Waals surface area contributed by atoms with Gasteiger partial charge >= 0.3 is 0 Å². The lowest BCUT2D eigenvalue weighted by Crippen LogP contribution is -2.37. The number of fused-ring (bicyclic) bond motifs is 8. The van der Waals surface area contributed by atoms with Crippen LogP contribution in [0.1, 0.15) is 54.8 Å². The van der Waals surface area contributed by atoms with E-state index in [4.69, 9.17) is 14.7 Å². The van der Waals surface area contributed by atoms with Gasteiger partial charge in [0.15, 0.2) is 5.82 Å². The van der Waals surface area contributed by atoms with Crippen molar-refractivity contribution in [1.82, 2.24) is 9.97 Å². The van der Waals surface area contributed by atoms with Gasteiger partial charge in [-0.05, 0) is 64.8 Å². The number of hydrogen-bond donors (Lipinski definition) is 0. The first-order chi connectivity index (χ1) is 24.6. The molecule has 9 rings (SSSR count). The zero-order valence-electron chi connectivity index (χ0n) is 28.0. The van der Waals surface area contributed by atoms with Crippen LogP contribution < -0.4 is 4.74 Å². The van der Waals surface area contributed by atoms with Gasteiger partial charge < -0.3 is 4.74 Å². The van der Waals surface area contributed by atoms with Crippen LogP contribution in [-0.2, 0) is 11.0 Å². The Morgan fingerprint density at radius 3 is 1.86 bits per heavy atom. The van der Waals surface area contributed by atoms with Crippen LogP contribution in [0.25, 0.3) is 50.5 Å². The summed E-state index contributed by atoms with van der Waals surface area (Å²) in [7, 11) is 0. The second-order valence-electron chi connectivity index (χ2n) is 13.2. The molecule has 4 heteroatoms. The Hall–Kier alpha value is -5.87. The Balaban J connectivity index is 1.36. The maximum atomic E-state index is 14.6. The molecule has 0 radical (unpaired) electrons. The number of hydrogen-bond acceptors (Lipinski definition) is 3. The summed E-state index contributed by atoms with van der Waals surface area (Å²) in [4.78, 5) is 10.5. The number of rotatable bonds is 6. The fraction of sp³-hybridized carbons (Fsp3) is 0.130. The fourth-order valence-corrected chi connectivity index (χ4v) is 8.33. The topological polar surface area (TPSA) is 35.0 Å². The number of benzene rings is 6. The Morgan fingerprint density at radius 2 is 1.22 bits per heavy atom. The second-order valence-corrected chi connectivity index (χ2v) is 13.2. The molecule has 0 bridgehead atoms. The van der Waals surface area contributed by atoms with Gasteiger partial charge in [-0.2, -0.15) is 0 Å². The molecule has 1 aliphatic heterocycles. The smallest absolute Gasteiger partial charge is 0.212 e. The molecule has 0 saturated carbocycles. The summed E-state index contributed by atoms with van der Waals surface area (Å²) in [5.41, 5.74) is 9.17. The highest BCUT2D eigenvalue weighted by molar-refractivity contribution is 6.08. The van der Waals surface area contributed by atoms with Crippen LogP contribution in [0.2, 0.25) is 0 Å². The van der Waals surface area contributed by atoms with E-state index in [1.165, 1.54) is 34.4 Å². The highest BCUT2D eigenvalue weighted by Crippen LogP contribution is 2.60. The van der Waals surface area contributed by atoms with Crippen LogP contribution >= 0.6 is 0 Å². The van der Waals surface area contributed by atoms with Crippen LogP contribution in [0, 0.1) is 5.82 Å². The Labute approximate surface area is 291 Å². The van der Waals surface area contributed by atoms with Crippen molar-refractivity contribution in [3.8, 4) is 39.4 Å². The minimum absolute atomic E-state index is 0.173. The molecule has 3 nitrogen and oxygen atoms in total. The van der Waals surface area contributed by atoms with Gasteiger partial charge in [-0.25, -0.2) is 14.4 Å². The monoisotopic (exact) mass is 650 g/mol. The van der Waals surface area contributed by atoms with Crippen molar-refractivity contribution in [2.75, 3.05) is 0 Å². The van der Waals surface area contributed by atoms with Gasteiger partial charge in [0, 0.05) is 33.1 Å². The van der Waals surface area contributed by atoms with Crippen molar-refractivity contribution in [2.45, 2.75) is 37.7 Å². The third-order valence-corrected chi connectivity index (χ3v) is 10.8. The van der Waals surface area contributed by atoms with Gasteiger partial charge in [-0.3, -0.25) is 0 Å². The summed E-state index contributed by atoms with van der Waals surface area (Å²) >= 11 is 0. The molecule has 1 aromatic heterocycles. The molecule has 2 aliphatic rings. The van der Waals surface area contributed by atoms with Crippen LogP contribution in [0.3, 0.4) is 0 Å².